The summed E-state index contributed by atoms with van der Waals surface area (Å²) in [5, 5.41) is 6.23. The maximum absolute atomic E-state index is 12.8. The fourth-order valence-corrected chi connectivity index (χ4v) is 5.63. The van der Waals surface area contributed by atoms with E-state index in [1.54, 1.807) is 36.8 Å². The number of carbonyl (C=O) groups is 1. The smallest absolute Gasteiger partial charge is 0.387 e. The molecular formula is C31H34F2N6O4. The lowest BCUT2D eigenvalue weighted by Gasteiger charge is -2.37. The number of amides is 1. The summed E-state index contributed by atoms with van der Waals surface area (Å²) in [6, 6.07) is 11.9. The summed E-state index contributed by atoms with van der Waals surface area (Å²) in [5.41, 5.74) is 4.68. The summed E-state index contributed by atoms with van der Waals surface area (Å²) in [7, 11) is 0. The molecule has 12 heteroatoms. The minimum absolute atomic E-state index is 0.0864. The fourth-order valence-electron chi connectivity index (χ4n) is 5.63. The number of benzene rings is 2. The van der Waals surface area contributed by atoms with Crippen molar-refractivity contribution in [2.75, 3.05) is 57.9 Å². The Balaban J connectivity index is 1.01. The van der Waals surface area contributed by atoms with E-state index in [0.29, 0.717) is 42.2 Å². The molecule has 2 aliphatic rings. The Kier molecular flexibility index (Phi) is 8.50. The Morgan fingerprint density at radius 2 is 1.98 bits per heavy atom. The van der Waals surface area contributed by atoms with Crippen molar-refractivity contribution in [2.24, 2.45) is 5.41 Å². The van der Waals surface area contributed by atoms with Gasteiger partial charge in [0.05, 0.1) is 38.3 Å². The van der Waals surface area contributed by atoms with Crippen molar-refractivity contribution >= 4 is 23.1 Å². The molecular weight excluding hydrogens is 558 g/mol. The number of imidazole rings is 1. The zero-order valence-corrected chi connectivity index (χ0v) is 23.9. The second-order valence-corrected chi connectivity index (χ2v) is 11.1. The van der Waals surface area contributed by atoms with Gasteiger partial charge in [0.25, 0.3) is 5.91 Å². The third kappa shape index (κ3) is 6.61. The molecule has 2 aliphatic heterocycles. The van der Waals surface area contributed by atoms with Crippen LogP contribution in [0.2, 0.25) is 0 Å². The number of hydrogen-bond acceptors (Lipinski definition) is 8. The zero-order valence-electron chi connectivity index (χ0n) is 23.9. The van der Waals surface area contributed by atoms with Crippen LogP contribution >= 0.6 is 0 Å². The van der Waals surface area contributed by atoms with E-state index in [1.807, 2.05) is 23.5 Å². The van der Waals surface area contributed by atoms with Crippen LogP contribution in [0, 0.1) is 12.3 Å². The van der Waals surface area contributed by atoms with Gasteiger partial charge in [0, 0.05) is 54.3 Å². The van der Waals surface area contributed by atoms with Crippen molar-refractivity contribution in [3.05, 3.63) is 72.2 Å². The molecule has 0 unspecified atom stereocenters. The Morgan fingerprint density at radius 1 is 1.14 bits per heavy atom. The van der Waals surface area contributed by atoms with Crippen molar-refractivity contribution in [1.29, 1.82) is 0 Å². The number of alkyl halides is 2. The van der Waals surface area contributed by atoms with E-state index in [1.165, 1.54) is 18.6 Å². The van der Waals surface area contributed by atoms with Crippen LogP contribution < -0.4 is 15.4 Å². The average molecular weight is 593 g/mol. The van der Waals surface area contributed by atoms with E-state index < -0.39 is 6.61 Å². The molecule has 2 aromatic heterocycles. The summed E-state index contributed by atoms with van der Waals surface area (Å²) in [6.45, 7) is 5.40. The Morgan fingerprint density at radius 3 is 2.70 bits per heavy atom. The van der Waals surface area contributed by atoms with Crippen LogP contribution in [-0.4, -0.2) is 84.4 Å². The van der Waals surface area contributed by atoms with E-state index in [4.69, 9.17) is 9.47 Å². The van der Waals surface area contributed by atoms with Gasteiger partial charge in [0.1, 0.15) is 5.75 Å². The molecule has 0 saturated carbocycles. The van der Waals surface area contributed by atoms with E-state index in [2.05, 4.69) is 30.2 Å². The van der Waals surface area contributed by atoms with Crippen LogP contribution in [0.4, 0.5) is 20.3 Å². The van der Waals surface area contributed by atoms with Crippen molar-refractivity contribution in [3.63, 3.8) is 0 Å². The molecule has 0 radical (unpaired) electrons. The lowest BCUT2D eigenvalue weighted by Crippen LogP contribution is -2.44. The highest BCUT2D eigenvalue weighted by Gasteiger charge is 2.44. The van der Waals surface area contributed by atoms with Gasteiger partial charge in [-0.25, -0.2) is 9.97 Å². The Bertz CT molecular complexity index is 1570. The van der Waals surface area contributed by atoms with Gasteiger partial charge < -0.3 is 29.7 Å². The first-order chi connectivity index (χ1) is 20.9. The van der Waals surface area contributed by atoms with Gasteiger partial charge in [0.2, 0.25) is 0 Å². The molecule has 2 N–H and O–H groups in total. The van der Waals surface area contributed by atoms with Crippen LogP contribution in [0.25, 0.3) is 16.9 Å². The minimum Gasteiger partial charge on any atom is -0.435 e. The van der Waals surface area contributed by atoms with E-state index in [9.17, 15) is 13.6 Å². The van der Waals surface area contributed by atoms with Crippen molar-refractivity contribution in [3.8, 4) is 17.0 Å². The highest BCUT2D eigenvalue weighted by atomic mass is 19.3. The highest BCUT2D eigenvalue weighted by molar-refractivity contribution is 5.96. The lowest BCUT2D eigenvalue weighted by molar-refractivity contribution is -0.105. The van der Waals surface area contributed by atoms with Gasteiger partial charge in [-0.15, -0.1) is 0 Å². The van der Waals surface area contributed by atoms with Gasteiger partial charge in [-0.05, 0) is 67.9 Å². The molecule has 2 aromatic carbocycles. The van der Waals surface area contributed by atoms with Crippen LogP contribution in [0.15, 0.2) is 61.1 Å². The second-order valence-electron chi connectivity index (χ2n) is 11.1. The molecule has 226 valence electrons. The van der Waals surface area contributed by atoms with Crippen molar-refractivity contribution < 1.29 is 27.8 Å². The SMILES string of the molecule is Cc1cc(Nc2nccn3c(-c4ccc(OC(F)F)cc4)cnc23)ccc1C(=O)NCCOCCN1CCC2(COC2)C1. The van der Waals surface area contributed by atoms with Crippen LogP contribution in [-0.2, 0) is 9.47 Å². The average Bonchev–Trinajstić information content (AvgIpc) is 3.61. The number of nitrogens with zero attached hydrogens (tertiary/aromatic N) is 4. The number of anilines is 2. The number of rotatable bonds is 12. The van der Waals surface area contributed by atoms with Gasteiger partial charge >= 0.3 is 6.61 Å². The van der Waals surface area contributed by atoms with Crippen molar-refractivity contribution in [2.45, 2.75) is 20.0 Å². The lowest BCUT2D eigenvalue weighted by atomic mass is 9.85. The minimum atomic E-state index is -2.88. The molecule has 1 spiro atoms. The fraction of sp³-hybridized carbons (Fsp3) is 0.387. The summed E-state index contributed by atoms with van der Waals surface area (Å²) in [5.74, 6) is 0.468. The zero-order chi connectivity index (χ0) is 29.8. The van der Waals surface area contributed by atoms with E-state index in [0.717, 1.165) is 55.4 Å². The maximum atomic E-state index is 12.8. The normalized spacial score (nSPS) is 16.1. The van der Waals surface area contributed by atoms with Crippen molar-refractivity contribution in [1.82, 2.24) is 24.6 Å². The maximum Gasteiger partial charge on any atom is 0.387 e. The number of aromatic nitrogens is 3. The third-order valence-corrected chi connectivity index (χ3v) is 7.95. The number of hydrogen-bond donors (Lipinski definition) is 2. The first-order valence-corrected chi connectivity index (χ1v) is 14.3. The predicted octanol–water partition coefficient (Wildman–Crippen LogP) is 4.52. The van der Waals surface area contributed by atoms with E-state index in [-0.39, 0.29) is 11.7 Å². The molecule has 0 atom stereocenters. The summed E-state index contributed by atoms with van der Waals surface area (Å²) < 4.78 is 42.4. The number of carbonyl (C=O) groups excluding carboxylic acids is 1. The number of halogens is 2. The largest absolute Gasteiger partial charge is 0.435 e. The second kappa shape index (κ2) is 12.6. The quantitative estimate of drug-likeness (QED) is 0.232. The molecule has 0 aliphatic carbocycles. The van der Waals surface area contributed by atoms with E-state index >= 15 is 0 Å². The van der Waals surface area contributed by atoms with Gasteiger partial charge in [0.15, 0.2) is 11.5 Å². The number of nitrogens with one attached hydrogen (secondary N) is 2. The third-order valence-electron chi connectivity index (χ3n) is 7.95. The number of fused-ring (bicyclic) bond motifs is 1. The molecule has 4 heterocycles. The van der Waals surface area contributed by atoms with Crippen LogP contribution in [0.3, 0.4) is 0 Å². The standard InChI is InChI=1S/C31H34F2N6O4/c1-21-16-23(4-7-25(21)29(40)35-10-14-41-15-13-38-11-8-31(18-38)19-42-20-31)37-27-28-36-17-26(39(28)12-9-34-27)22-2-5-24(6-3-22)43-30(32)33/h2-7,9,12,16-17,30H,8,10-11,13-15,18-20H2,1H3,(H,34,37)(H,35,40). The Hall–Kier alpha value is -4.13. The monoisotopic (exact) mass is 592 g/mol. The number of ether oxygens (including phenoxy) is 3. The first kappa shape index (κ1) is 29.0. The highest BCUT2D eigenvalue weighted by Crippen LogP contribution is 2.37. The van der Waals surface area contributed by atoms with Crippen LogP contribution in [0.1, 0.15) is 22.3 Å². The Labute approximate surface area is 248 Å². The topological polar surface area (TPSA) is 102 Å². The molecule has 2 fully saturated rings. The van der Waals surface area contributed by atoms with Gasteiger partial charge in [-0.1, -0.05) is 0 Å². The number of aryl methyl sites for hydroxylation is 1. The molecule has 10 nitrogen and oxygen atoms in total. The molecule has 43 heavy (non-hydrogen) atoms. The van der Waals surface area contributed by atoms with Crippen LogP contribution in [0.5, 0.6) is 5.75 Å². The summed E-state index contributed by atoms with van der Waals surface area (Å²) in [6.07, 6.45) is 6.32. The molecule has 1 amide bonds. The summed E-state index contributed by atoms with van der Waals surface area (Å²) in [4.78, 5) is 24.2. The predicted molar refractivity (Wildman–Crippen MR) is 157 cm³/mol. The number of likely N-dealkylation sites (tertiary alicyclic amines) is 1. The van der Waals surface area contributed by atoms with Gasteiger partial charge in [-0.3, -0.25) is 9.20 Å². The summed E-state index contributed by atoms with van der Waals surface area (Å²) >= 11 is 0. The molecule has 6 rings (SSSR count). The molecule has 4 aromatic rings. The first-order valence-electron chi connectivity index (χ1n) is 14.3. The van der Waals surface area contributed by atoms with Gasteiger partial charge in [-0.2, -0.15) is 8.78 Å². The molecule has 0 bridgehead atoms. The molecule has 2 saturated heterocycles.